The monoisotopic (exact) mass is 318 g/mol. The molecule has 1 heterocycles. The van der Waals surface area contributed by atoms with Crippen LogP contribution in [0.1, 0.15) is 25.3 Å². The number of hydrogen-bond donors (Lipinski definition) is 1. The minimum absolute atomic E-state index is 0.196. The molecule has 1 aromatic rings. The van der Waals surface area contributed by atoms with Gasteiger partial charge in [-0.2, -0.15) is 5.26 Å². The van der Waals surface area contributed by atoms with E-state index in [1.807, 2.05) is 6.07 Å². The Kier molecular flexibility index (Phi) is 4.84. The van der Waals surface area contributed by atoms with E-state index >= 15 is 0 Å². The molecule has 0 aliphatic carbocycles. The van der Waals surface area contributed by atoms with Gasteiger partial charge >= 0.3 is 5.97 Å². The summed E-state index contributed by atoms with van der Waals surface area (Å²) in [7, 11) is 0. The molecule has 1 aliphatic heterocycles. The number of rotatable bonds is 3. The van der Waals surface area contributed by atoms with E-state index in [0.29, 0.717) is 10.6 Å². The van der Waals surface area contributed by atoms with E-state index in [1.54, 1.807) is 38.1 Å². The molecule has 1 aromatic carbocycles. The first-order valence-electron chi connectivity index (χ1n) is 6.79. The number of carbonyl (C=O) groups excluding carboxylic acids is 1. The van der Waals surface area contributed by atoms with Crippen molar-refractivity contribution in [1.29, 1.82) is 10.7 Å². The zero-order valence-corrected chi connectivity index (χ0v) is 13.0. The highest BCUT2D eigenvalue weighted by atomic mass is 35.5. The largest absolute Gasteiger partial charge is 0.463 e. The van der Waals surface area contributed by atoms with Crippen molar-refractivity contribution in [2.75, 3.05) is 6.61 Å². The van der Waals surface area contributed by atoms with E-state index in [-0.39, 0.29) is 23.8 Å². The van der Waals surface area contributed by atoms with Gasteiger partial charge in [-0.15, -0.1) is 0 Å². The van der Waals surface area contributed by atoms with Crippen molar-refractivity contribution in [3.8, 4) is 6.07 Å². The maximum atomic E-state index is 12.3. The van der Waals surface area contributed by atoms with Crippen LogP contribution < -0.4 is 0 Å². The fourth-order valence-corrected chi connectivity index (χ4v) is 2.75. The van der Waals surface area contributed by atoms with Gasteiger partial charge in [-0.05, 0) is 25.5 Å². The van der Waals surface area contributed by atoms with Gasteiger partial charge in [0.2, 0.25) is 5.90 Å². The minimum Gasteiger partial charge on any atom is -0.463 e. The summed E-state index contributed by atoms with van der Waals surface area (Å²) < 4.78 is 10.3. The Balaban J connectivity index is 2.63. The molecular weight excluding hydrogens is 304 g/mol. The summed E-state index contributed by atoms with van der Waals surface area (Å²) >= 11 is 6.23. The molecule has 6 heteroatoms. The summed E-state index contributed by atoms with van der Waals surface area (Å²) in [6.07, 6.45) is 0. The summed E-state index contributed by atoms with van der Waals surface area (Å²) in [5.74, 6) is -2.10. The number of esters is 1. The highest BCUT2D eigenvalue weighted by Crippen LogP contribution is 2.41. The molecule has 0 saturated heterocycles. The lowest BCUT2D eigenvalue weighted by Gasteiger charge is -2.30. The maximum absolute atomic E-state index is 12.3. The molecule has 0 saturated carbocycles. The molecular formula is C16H15ClN2O3. The standard InChI is InChI=1S/C16H15ClN2O3/c1-3-21-16(20)13-9(2)22-15(19)11(8-18)14(13)10-6-4-5-7-12(10)17/h4-7,11,14,19H,3H2,1-2H3. The van der Waals surface area contributed by atoms with Gasteiger partial charge in [-0.25, -0.2) is 4.79 Å². The van der Waals surface area contributed by atoms with E-state index in [1.165, 1.54) is 0 Å². The number of halogens is 1. The zero-order valence-electron chi connectivity index (χ0n) is 12.2. The van der Waals surface area contributed by atoms with E-state index < -0.39 is 17.8 Å². The Morgan fingerprint density at radius 3 is 2.77 bits per heavy atom. The highest BCUT2D eigenvalue weighted by Gasteiger charge is 2.41. The first-order valence-corrected chi connectivity index (χ1v) is 7.17. The summed E-state index contributed by atoms with van der Waals surface area (Å²) in [5, 5.41) is 17.7. The van der Waals surface area contributed by atoms with Gasteiger partial charge in [0.15, 0.2) is 0 Å². The van der Waals surface area contributed by atoms with Crippen molar-refractivity contribution in [2.45, 2.75) is 19.8 Å². The fourth-order valence-electron chi connectivity index (χ4n) is 2.50. The van der Waals surface area contributed by atoms with Crippen LogP contribution in [-0.2, 0) is 14.3 Å². The predicted octanol–water partition coefficient (Wildman–Crippen LogP) is 3.41. The molecule has 1 aliphatic rings. The van der Waals surface area contributed by atoms with Gasteiger partial charge in [0.25, 0.3) is 0 Å². The fraction of sp³-hybridized carbons (Fsp3) is 0.312. The van der Waals surface area contributed by atoms with E-state index in [2.05, 4.69) is 0 Å². The molecule has 5 nitrogen and oxygen atoms in total. The van der Waals surface area contributed by atoms with Crippen molar-refractivity contribution in [3.63, 3.8) is 0 Å². The number of allylic oxidation sites excluding steroid dienone is 1. The molecule has 2 rings (SSSR count). The number of nitrogens with zero attached hydrogens (tertiary/aromatic N) is 1. The maximum Gasteiger partial charge on any atom is 0.338 e. The second-order valence-electron chi connectivity index (χ2n) is 4.76. The molecule has 0 aromatic heterocycles. The average Bonchev–Trinajstić information content (AvgIpc) is 2.47. The van der Waals surface area contributed by atoms with Crippen LogP contribution in [0, 0.1) is 22.7 Å². The quantitative estimate of drug-likeness (QED) is 0.866. The summed E-state index contributed by atoms with van der Waals surface area (Å²) in [4.78, 5) is 12.3. The Morgan fingerprint density at radius 2 is 2.18 bits per heavy atom. The number of hydrogen-bond acceptors (Lipinski definition) is 5. The third kappa shape index (κ3) is 2.83. The van der Waals surface area contributed by atoms with Gasteiger partial charge in [-0.3, -0.25) is 5.41 Å². The van der Waals surface area contributed by atoms with Crippen LogP contribution in [-0.4, -0.2) is 18.5 Å². The van der Waals surface area contributed by atoms with Gasteiger partial charge in [0.05, 0.1) is 18.2 Å². The van der Waals surface area contributed by atoms with Crippen molar-refractivity contribution < 1.29 is 14.3 Å². The van der Waals surface area contributed by atoms with Crippen LogP contribution in [0.25, 0.3) is 0 Å². The van der Waals surface area contributed by atoms with Gasteiger partial charge in [0, 0.05) is 10.9 Å². The third-order valence-corrected chi connectivity index (χ3v) is 3.79. The SMILES string of the molecule is CCOC(=O)C1=C(C)OC(=N)C(C#N)C1c1ccccc1Cl. The summed E-state index contributed by atoms with van der Waals surface area (Å²) in [6, 6.07) is 8.98. The highest BCUT2D eigenvalue weighted by molar-refractivity contribution is 6.31. The number of nitrogens with one attached hydrogen (secondary N) is 1. The average molecular weight is 319 g/mol. The molecule has 0 bridgehead atoms. The molecule has 114 valence electrons. The van der Waals surface area contributed by atoms with Crippen LogP contribution in [0.2, 0.25) is 5.02 Å². The molecule has 0 fully saturated rings. The second kappa shape index (κ2) is 6.63. The van der Waals surface area contributed by atoms with E-state index in [4.69, 9.17) is 26.5 Å². The molecule has 0 amide bonds. The van der Waals surface area contributed by atoms with Crippen LogP contribution in [0.3, 0.4) is 0 Å². The van der Waals surface area contributed by atoms with Crippen LogP contribution in [0.4, 0.5) is 0 Å². The number of ether oxygens (including phenoxy) is 2. The minimum atomic E-state index is -0.928. The lowest BCUT2D eigenvalue weighted by atomic mass is 9.78. The number of carbonyl (C=O) groups is 1. The van der Waals surface area contributed by atoms with Crippen molar-refractivity contribution in [1.82, 2.24) is 0 Å². The number of nitriles is 1. The van der Waals surface area contributed by atoms with Crippen molar-refractivity contribution >= 4 is 23.5 Å². The van der Waals surface area contributed by atoms with Crippen molar-refractivity contribution in [3.05, 3.63) is 46.2 Å². The number of benzene rings is 1. The second-order valence-corrected chi connectivity index (χ2v) is 5.17. The first-order chi connectivity index (χ1) is 10.5. The Bertz CT molecular complexity index is 691. The summed E-state index contributed by atoms with van der Waals surface area (Å²) in [5.41, 5.74) is 0.837. The Morgan fingerprint density at radius 1 is 1.50 bits per heavy atom. The third-order valence-electron chi connectivity index (χ3n) is 3.44. The Labute approximate surface area is 133 Å². The normalized spacial score (nSPS) is 21.1. The summed E-state index contributed by atoms with van der Waals surface area (Å²) in [6.45, 7) is 3.49. The smallest absolute Gasteiger partial charge is 0.338 e. The molecule has 22 heavy (non-hydrogen) atoms. The van der Waals surface area contributed by atoms with E-state index in [0.717, 1.165) is 0 Å². The molecule has 0 radical (unpaired) electrons. The van der Waals surface area contributed by atoms with Gasteiger partial charge in [-0.1, -0.05) is 29.8 Å². The molecule has 2 unspecified atom stereocenters. The lowest BCUT2D eigenvalue weighted by molar-refractivity contribution is -0.139. The molecule has 2 atom stereocenters. The first kappa shape index (κ1) is 16.1. The van der Waals surface area contributed by atoms with Crippen LogP contribution >= 0.6 is 11.6 Å². The van der Waals surface area contributed by atoms with Gasteiger partial charge < -0.3 is 9.47 Å². The van der Waals surface area contributed by atoms with Crippen LogP contribution in [0.15, 0.2) is 35.6 Å². The topological polar surface area (TPSA) is 83.2 Å². The predicted molar refractivity (Wildman–Crippen MR) is 81.4 cm³/mol. The van der Waals surface area contributed by atoms with Crippen molar-refractivity contribution in [2.24, 2.45) is 5.92 Å². The zero-order chi connectivity index (χ0) is 16.3. The van der Waals surface area contributed by atoms with E-state index in [9.17, 15) is 10.1 Å². The Hall–Kier alpha value is -2.32. The van der Waals surface area contributed by atoms with Gasteiger partial charge in [0.1, 0.15) is 11.7 Å². The molecule has 0 spiro atoms. The van der Waals surface area contributed by atoms with Crippen LogP contribution in [0.5, 0.6) is 0 Å². The lowest BCUT2D eigenvalue weighted by Crippen LogP contribution is -2.33. The molecule has 1 N–H and O–H groups in total.